The van der Waals surface area contributed by atoms with Crippen molar-refractivity contribution in [3.05, 3.63) is 94.5 Å². The molecule has 0 saturated carbocycles. The number of nitrogens with one attached hydrogen (secondary N) is 2. The zero-order valence-corrected chi connectivity index (χ0v) is 15.3. The predicted octanol–water partition coefficient (Wildman–Crippen LogP) is 4.46. The summed E-state index contributed by atoms with van der Waals surface area (Å²) in [6.45, 7) is 1.02. The Balaban J connectivity index is 1.53. The number of amides is 1. The van der Waals surface area contributed by atoms with E-state index in [1.54, 1.807) is 24.4 Å². The largest absolute Gasteiger partial charge is 0.383 e. The van der Waals surface area contributed by atoms with Crippen LogP contribution in [0.3, 0.4) is 0 Å². The molecule has 0 fully saturated rings. The molecule has 3 aromatic rings. The summed E-state index contributed by atoms with van der Waals surface area (Å²) < 4.78 is 12.9. The number of nitrogens with zero attached hydrogens (tertiary/aromatic N) is 1. The van der Waals surface area contributed by atoms with Crippen molar-refractivity contribution in [1.82, 2.24) is 10.3 Å². The fraction of sp³-hybridized carbons (Fsp3) is 0.143. The molecular formula is C21H19ClFN3O. The first-order valence-electron chi connectivity index (χ1n) is 8.56. The molecule has 0 bridgehead atoms. The second-order valence-corrected chi connectivity index (χ2v) is 6.51. The lowest BCUT2D eigenvalue weighted by atomic mass is 10.1. The van der Waals surface area contributed by atoms with Gasteiger partial charge in [-0.3, -0.25) is 9.78 Å². The minimum absolute atomic E-state index is 0.231. The van der Waals surface area contributed by atoms with Gasteiger partial charge < -0.3 is 10.6 Å². The molecular weight excluding hydrogens is 365 g/mol. The van der Waals surface area contributed by atoms with Crippen LogP contribution in [0.15, 0.2) is 67.0 Å². The van der Waals surface area contributed by atoms with Gasteiger partial charge in [-0.25, -0.2) is 4.39 Å². The van der Waals surface area contributed by atoms with Crippen LogP contribution in [0.4, 0.5) is 10.1 Å². The van der Waals surface area contributed by atoms with Crippen molar-refractivity contribution in [1.29, 1.82) is 0 Å². The second kappa shape index (κ2) is 9.14. The molecule has 0 unspecified atom stereocenters. The van der Waals surface area contributed by atoms with Gasteiger partial charge in [0.2, 0.25) is 0 Å². The van der Waals surface area contributed by atoms with Gasteiger partial charge in [0, 0.05) is 30.5 Å². The third kappa shape index (κ3) is 5.79. The number of hydrogen-bond donors (Lipinski definition) is 2. The van der Waals surface area contributed by atoms with E-state index in [-0.39, 0.29) is 11.7 Å². The number of hydrogen-bond acceptors (Lipinski definition) is 3. The van der Waals surface area contributed by atoms with Gasteiger partial charge in [0.15, 0.2) is 0 Å². The molecule has 0 aliphatic carbocycles. The van der Waals surface area contributed by atoms with Gasteiger partial charge in [-0.1, -0.05) is 35.9 Å². The predicted molar refractivity (Wildman–Crippen MR) is 105 cm³/mol. The van der Waals surface area contributed by atoms with Crippen LogP contribution < -0.4 is 10.6 Å². The van der Waals surface area contributed by atoms with E-state index in [1.807, 2.05) is 24.3 Å². The Morgan fingerprint density at radius 2 is 1.85 bits per heavy atom. The van der Waals surface area contributed by atoms with E-state index in [0.717, 1.165) is 23.2 Å². The molecule has 0 aliphatic heterocycles. The van der Waals surface area contributed by atoms with E-state index in [9.17, 15) is 9.18 Å². The highest BCUT2D eigenvalue weighted by Crippen LogP contribution is 2.13. The Bertz CT molecular complexity index is 915. The molecule has 1 amide bonds. The lowest BCUT2D eigenvalue weighted by Crippen LogP contribution is -2.23. The summed E-state index contributed by atoms with van der Waals surface area (Å²) in [6.07, 6.45) is 4.00. The van der Waals surface area contributed by atoms with Gasteiger partial charge in [-0.15, -0.1) is 0 Å². The van der Waals surface area contributed by atoms with E-state index in [2.05, 4.69) is 15.6 Å². The van der Waals surface area contributed by atoms with Crippen LogP contribution in [0.5, 0.6) is 0 Å². The van der Waals surface area contributed by atoms with Crippen LogP contribution in [0.2, 0.25) is 5.02 Å². The van der Waals surface area contributed by atoms with Gasteiger partial charge in [-0.2, -0.15) is 0 Å². The van der Waals surface area contributed by atoms with Gasteiger partial charge in [0.1, 0.15) is 5.82 Å². The number of carbonyl (C=O) groups is 1. The van der Waals surface area contributed by atoms with Crippen molar-refractivity contribution in [2.45, 2.75) is 13.0 Å². The lowest BCUT2D eigenvalue weighted by Gasteiger charge is -2.09. The first kappa shape index (κ1) is 18.9. The van der Waals surface area contributed by atoms with Crippen LogP contribution in [0, 0.1) is 5.82 Å². The average Bonchev–Trinajstić information content (AvgIpc) is 2.68. The van der Waals surface area contributed by atoms with Gasteiger partial charge in [-0.05, 0) is 47.9 Å². The maximum atomic E-state index is 12.9. The zero-order chi connectivity index (χ0) is 19.1. The fourth-order valence-corrected chi connectivity index (χ4v) is 2.80. The molecule has 27 heavy (non-hydrogen) atoms. The summed E-state index contributed by atoms with van der Waals surface area (Å²) in [5.41, 5.74) is 3.20. The van der Waals surface area contributed by atoms with E-state index >= 15 is 0 Å². The number of carbonyl (C=O) groups excluding carboxylic acids is 1. The smallest absolute Gasteiger partial charge is 0.253 e. The maximum absolute atomic E-state index is 12.9. The third-order valence-electron chi connectivity index (χ3n) is 4.00. The summed E-state index contributed by atoms with van der Waals surface area (Å²) in [5, 5.41) is 6.78. The number of benzene rings is 2. The van der Waals surface area contributed by atoms with Gasteiger partial charge in [0.25, 0.3) is 5.91 Å². The molecule has 0 atom stereocenters. The second-order valence-electron chi connectivity index (χ2n) is 6.08. The quantitative estimate of drug-likeness (QED) is 0.633. The summed E-state index contributed by atoms with van der Waals surface area (Å²) in [5.74, 6) is -0.531. The first-order chi connectivity index (χ1) is 13.1. The van der Waals surface area contributed by atoms with Crippen molar-refractivity contribution >= 4 is 23.2 Å². The Kier molecular flexibility index (Phi) is 6.39. The molecule has 2 N–H and O–H groups in total. The summed E-state index contributed by atoms with van der Waals surface area (Å²) in [6, 6.07) is 15.5. The van der Waals surface area contributed by atoms with Crippen molar-refractivity contribution < 1.29 is 9.18 Å². The fourth-order valence-electron chi connectivity index (χ4n) is 2.59. The highest BCUT2D eigenvalue weighted by Gasteiger charge is 2.07. The van der Waals surface area contributed by atoms with E-state index in [4.69, 9.17) is 11.6 Å². The SMILES string of the molecule is O=C(NCc1ccc(F)cc1)c1cncc(NCCc2cccc(Cl)c2)c1. The topological polar surface area (TPSA) is 54.0 Å². The third-order valence-corrected chi connectivity index (χ3v) is 4.23. The summed E-state index contributed by atoms with van der Waals surface area (Å²) in [4.78, 5) is 16.4. The van der Waals surface area contributed by atoms with Crippen LogP contribution in [-0.2, 0) is 13.0 Å². The molecule has 4 nitrogen and oxygen atoms in total. The Morgan fingerprint density at radius 3 is 2.63 bits per heavy atom. The maximum Gasteiger partial charge on any atom is 0.253 e. The molecule has 0 spiro atoms. The molecule has 0 radical (unpaired) electrons. The van der Waals surface area contributed by atoms with E-state index in [0.29, 0.717) is 23.7 Å². The molecule has 6 heteroatoms. The van der Waals surface area contributed by atoms with Crippen molar-refractivity contribution in [3.63, 3.8) is 0 Å². The van der Waals surface area contributed by atoms with Crippen LogP contribution in [0.1, 0.15) is 21.5 Å². The van der Waals surface area contributed by atoms with Crippen LogP contribution in [0.25, 0.3) is 0 Å². The van der Waals surface area contributed by atoms with Crippen LogP contribution >= 0.6 is 11.6 Å². The number of aromatic nitrogens is 1. The zero-order valence-electron chi connectivity index (χ0n) is 14.6. The monoisotopic (exact) mass is 383 g/mol. The Morgan fingerprint density at radius 1 is 1.04 bits per heavy atom. The lowest BCUT2D eigenvalue weighted by molar-refractivity contribution is 0.0950. The normalized spacial score (nSPS) is 10.4. The van der Waals surface area contributed by atoms with E-state index < -0.39 is 0 Å². The minimum atomic E-state index is -0.300. The number of rotatable bonds is 7. The molecule has 3 rings (SSSR count). The molecule has 138 valence electrons. The van der Waals surface area contributed by atoms with Gasteiger partial charge in [0.05, 0.1) is 11.3 Å². The van der Waals surface area contributed by atoms with Crippen molar-refractivity contribution in [2.24, 2.45) is 0 Å². The van der Waals surface area contributed by atoms with Crippen molar-refractivity contribution in [2.75, 3.05) is 11.9 Å². The molecule has 0 aliphatic rings. The van der Waals surface area contributed by atoms with Crippen LogP contribution in [-0.4, -0.2) is 17.4 Å². The molecule has 1 aromatic heterocycles. The van der Waals surface area contributed by atoms with Crippen molar-refractivity contribution in [3.8, 4) is 0 Å². The van der Waals surface area contributed by atoms with Gasteiger partial charge >= 0.3 is 0 Å². The Labute approximate surface area is 162 Å². The molecule has 0 saturated heterocycles. The summed E-state index contributed by atoms with van der Waals surface area (Å²) >= 11 is 5.98. The first-order valence-corrected chi connectivity index (χ1v) is 8.94. The number of anilines is 1. The number of halogens is 2. The highest BCUT2D eigenvalue weighted by atomic mass is 35.5. The average molecular weight is 384 g/mol. The molecule has 2 aromatic carbocycles. The van der Waals surface area contributed by atoms with E-state index in [1.165, 1.54) is 18.3 Å². The standard InChI is InChI=1S/C21H19ClFN3O/c22-18-3-1-2-15(10-18)8-9-25-20-11-17(13-24-14-20)21(27)26-12-16-4-6-19(23)7-5-16/h1-7,10-11,13-14,25H,8-9,12H2,(H,26,27). The molecule has 1 heterocycles. The Hall–Kier alpha value is -2.92. The summed E-state index contributed by atoms with van der Waals surface area (Å²) in [7, 11) is 0. The number of pyridine rings is 1. The minimum Gasteiger partial charge on any atom is -0.383 e. The highest BCUT2D eigenvalue weighted by molar-refractivity contribution is 6.30.